The monoisotopic (exact) mass is 309 g/mol. The average molecular weight is 310 g/mol. The Morgan fingerprint density at radius 1 is 1.29 bits per heavy atom. The number of amides is 3. The van der Waals surface area contributed by atoms with E-state index in [-0.39, 0.29) is 12.1 Å². The highest BCUT2D eigenvalue weighted by Gasteiger charge is 2.31. The van der Waals surface area contributed by atoms with Crippen molar-refractivity contribution in [1.82, 2.24) is 15.1 Å². The molecule has 1 fully saturated rings. The van der Waals surface area contributed by atoms with Gasteiger partial charge >= 0.3 is 6.03 Å². The van der Waals surface area contributed by atoms with Gasteiger partial charge in [0, 0.05) is 19.6 Å². The molecule has 0 aromatic heterocycles. The van der Waals surface area contributed by atoms with Crippen LogP contribution in [0.5, 0.6) is 0 Å². The third-order valence-corrected chi connectivity index (χ3v) is 3.82. The summed E-state index contributed by atoms with van der Waals surface area (Å²) < 4.78 is 0. The van der Waals surface area contributed by atoms with Crippen LogP contribution in [0.25, 0.3) is 0 Å². The Morgan fingerprint density at radius 3 is 2.57 bits per heavy atom. The SMILES string of the molecule is CC(Cl)C(=O)NC(=O)N1CCN(C)CC1c1ccccc1. The number of urea groups is 1. The van der Waals surface area contributed by atoms with Crippen molar-refractivity contribution in [3.8, 4) is 0 Å². The van der Waals surface area contributed by atoms with Gasteiger partial charge in [0.2, 0.25) is 5.91 Å². The van der Waals surface area contributed by atoms with Crippen LogP contribution in [0.15, 0.2) is 30.3 Å². The number of likely N-dealkylation sites (N-methyl/N-ethyl adjacent to an activating group) is 1. The van der Waals surface area contributed by atoms with Gasteiger partial charge in [0.25, 0.3) is 0 Å². The fourth-order valence-electron chi connectivity index (χ4n) is 2.40. The maximum absolute atomic E-state index is 12.3. The predicted molar refractivity (Wildman–Crippen MR) is 82.2 cm³/mol. The summed E-state index contributed by atoms with van der Waals surface area (Å²) in [5, 5.41) is 1.64. The standard InChI is InChI=1S/C15H20ClN3O2/c1-11(16)14(20)17-15(21)19-9-8-18(2)10-13(19)12-6-4-3-5-7-12/h3-7,11,13H,8-10H2,1-2H3,(H,17,20,21). The van der Waals surface area contributed by atoms with Crippen LogP contribution in [0.4, 0.5) is 4.79 Å². The first kappa shape index (κ1) is 15.8. The van der Waals surface area contributed by atoms with Gasteiger partial charge in [0.05, 0.1) is 6.04 Å². The van der Waals surface area contributed by atoms with E-state index in [4.69, 9.17) is 11.6 Å². The molecule has 0 spiro atoms. The molecule has 0 radical (unpaired) electrons. The first-order chi connectivity index (χ1) is 9.99. The number of nitrogens with one attached hydrogen (secondary N) is 1. The second-order valence-corrected chi connectivity index (χ2v) is 5.95. The molecule has 2 atom stereocenters. The summed E-state index contributed by atoms with van der Waals surface area (Å²) in [7, 11) is 2.02. The summed E-state index contributed by atoms with van der Waals surface area (Å²) in [4.78, 5) is 27.8. The van der Waals surface area contributed by atoms with Gasteiger partial charge in [-0.1, -0.05) is 30.3 Å². The molecule has 1 N–H and O–H groups in total. The lowest BCUT2D eigenvalue weighted by molar-refractivity contribution is -0.119. The number of hydrogen-bond donors (Lipinski definition) is 1. The summed E-state index contributed by atoms with van der Waals surface area (Å²) in [6.45, 7) is 3.64. The molecule has 114 valence electrons. The lowest BCUT2D eigenvalue weighted by Crippen LogP contribution is -2.54. The number of benzene rings is 1. The maximum Gasteiger partial charge on any atom is 0.324 e. The van der Waals surface area contributed by atoms with E-state index in [1.165, 1.54) is 0 Å². The number of rotatable bonds is 2. The zero-order chi connectivity index (χ0) is 15.4. The van der Waals surface area contributed by atoms with Gasteiger partial charge in [-0.05, 0) is 19.5 Å². The minimum Gasteiger partial charge on any atom is -0.315 e. The molecule has 0 bridgehead atoms. The minimum atomic E-state index is -0.725. The van der Waals surface area contributed by atoms with Crippen LogP contribution in [0.1, 0.15) is 18.5 Å². The minimum absolute atomic E-state index is 0.0663. The molecule has 1 heterocycles. The normalized spacial score (nSPS) is 20.9. The number of imide groups is 1. The molecule has 1 aromatic carbocycles. The molecule has 0 aliphatic carbocycles. The molecule has 1 aliphatic rings. The van der Waals surface area contributed by atoms with E-state index < -0.39 is 11.3 Å². The lowest BCUT2D eigenvalue weighted by atomic mass is 10.0. The Hall–Kier alpha value is -1.59. The molecule has 5 nitrogen and oxygen atoms in total. The van der Waals surface area contributed by atoms with Gasteiger partial charge in [0.15, 0.2) is 0 Å². The van der Waals surface area contributed by atoms with E-state index in [0.29, 0.717) is 6.54 Å². The topological polar surface area (TPSA) is 52.7 Å². The molecule has 1 saturated heterocycles. The zero-order valence-corrected chi connectivity index (χ0v) is 13.0. The molecule has 1 aromatic rings. The van der Waals surface area contributed by atoms with Gasteiger partial charge in [-0.3, -0.25) is 10.1 Å². The lowest BCUT2D eigenvalue weighted by Gasteiger charge is -2.40. The van der Waals surface area contributed by atoms with Crippen molar-refractivity contribution >= 4 is 23.5 Å². The Labute approximate surface area is 129 Å². The third kappa shape index (κ3) is 3.95. The average Bonchev–Trinajstić information content (AvgIpc) is 2.47. The van der Waals surface area contributed by atoms with Crippen LogP contribution in [0, 0.1) is 0 Å². The quantitative estimate of drug-likeness (QED) is 0.848. The molecular formula is C15H20ClN3O2. The van der Waals surface area contributed by atoms with Crippen molar-refractivity contribution in [3.05, 3.63) is 35.9 Å². The Balaban J connectivity index is 2.15. The van der Waals surface area contributed by atoms with Crippen molar-refractivity contribution in [2.45, 2.75) is 18.3 Å². The zero-order valence-electron chi connectivity index (χ0n) is 12.3. The third-order valence-electron chi connectivity index (χ3n) is 3.62. The second-order valence-electron chi connectivity index (χ2n) is 5.29. The van der Waals surface area contributed by atoms with Gasteiger partial charge in [-0.2, -0.15) is 0 Å². The maximum atomic E-state index is 12.3. The summed E-state index contributed by atoms with van der Waals surface area (Å²) >= 11 is 5.70. The first-order valence-corrected chi connectivity index (χ1v) is 7.41. The van der Waals surface area contributed by atoms with Gasteiger partial charge in [-0.15, -0.1) is 11.6 Å². The van der Waals surface area contributed by atoms with E-state index in [0.717, 1.165) is 18.7 Å². The number of halogens is 1. The number of carbonyl (C=O) groups excluding carboxylic acids is 2. The smallest absolute Gasteiger partial charge is 0.315 e. The molecule has 2 rings (SSSR count). The molecule has 6 heteroatoms. The van der Waals surface area contributed by atoms with Crippen LogP contribution in [-0.4, -0.2) is 53.8 Å². The number of nitrogens with zero attached hydrogens (tertiary/aromatic N) is 2. The summed E-state index contributed by atoms with van der Waals surface area (Å²) in [6.07, 6.45) is 0. The van der Waals surface area contributed by atoms with Crippen LogP contribution >= 0.6 is 11.6 Å². The highest BCUT2D eigenvalue weighted by atomic mass is 35.5. The van der Waals surface area contributed by atoms with Crippen LogP contribution in [0.3, 0.4) is 0 Å². The predicted octanol–water partition coefficient (Wildman–Crippen LogP) is 1.84. The van der Waals surface area contributed by atoms with Crippen molar-refractivity contribution in [2.24, 2.45) is 0 Å². The fraction of sp³-hybridized carbons (Fsp3) is 0.467. The summed E-state index contributed by atoms with van der Waals surface area (Å²) in [5.41, 5.74) is 1.06. The van der Waals surface area contributed by atoms with Crippen LogP contribution in [-0.2, 0) is 4.79 Å². The molecule has 1 aliphatic heterocycles. The largest absolute Gasteiger partial charge is 0.324 e. The van der Waals surface area contributed by atoms with Crippen LogP contribution < -0.4 is 5.32 Å². The van der Waals surface area contributed by atoms with Gasteiger partial charge in [0.1, 0.15) is 5.38 Å². The number of carbonyl (C=O) groups is 2. The number of piperazine rings is 1. The van der Waals surface area contributed by atoms with Crippen molar-refractivity contribution in [2.75, 3.05) is 26.7 Å². The van der Waals surface area contributed by atoms with Crippen LogP contribution in [0.2, 0.25) is 0 Å². The first-order valence-electron chi connectivity index (χ1n) is 6.98. The fourth-order valence-corrected chi connectivity index (χ4v) is 2.45. The van der Waals surface area contributed by atoms with E-state index in [1.807, 2.05) is 37.4 Å². The number of hydrogen-bond acceptors (Lipinski definition) is 3. The Bertz CT molecular complexity index is 507. The van der Waals surface area contributed by atoms with Crippen molar-refractivity contribution < 1.29 is 9.59 Å². The molecule has 2 unspecified atom stereocenters. The van der Waals surface area contributed by atoms with Crippen molar-refractivity contribution in [3.63, 3.8) is 0 Å². The van der Waals surface area contributed by atoms with E-state index in [2.05, 4.69) is 10.2 Å². The highest BCUT2D eigenvalue weighted by Crippen LogP contribution is 2.24. The molecule has 21 heavy (non-hydrogen) atoms. The van der Waals surface area contributed by atoms with Gasteiger partial charge < -0.3 is 9.80 Å². The Morgan fingerprint density at radius 2 is 1.95 bits per heavy atom. The Kier molecular flexibility index (Phi) is 5.20. The molecular weight excluding hydrogens is 290 g/mol. The summed E-state index contributed by atoms with van der Waals surface area (Å²) in [5.74, 6) is -0.465. The van der Waals surface area contributed by atoms with E-state index in [1.54, 1.807) is 11.8 Å². The van der Waals surface area contributed by atoms with Gasteiger partial charge in [-0.25, -0.2) is 4.79 Å². The van der Waals surface area contributed by atoms with E-state index >= 15 is 0 Å². The summed E-state index contributed by atoms with van der Waals surface area (Å²) in [6, 6.07) is 9.39. The number of alkyl halides is 1. The van der Waals surface area contributed by atoms with E-state index in [9.17, 15) is 9.59 Å². The molecule has 0 saturated carbocycles. The highest BCUT2D eigenvalue weighted by molar-refractivity contribution is 6.31. The second kappa shape index (κ2) is 6.91. The van der Waals surface area contributed by atoms with Crippen molar-refractivity contribution in [1.29, 1.82) is 0 Å². The molecule has 3 amide bonds.